The normalized spacial score (nSPS) is 11.7. The van der Waals surface area contributed by atoms with Crippen LogP contribution in [0.4, 0.5) is 5.82 Å². The van der Waals surface area contributed by atoms with Gasteiger partial charge in [0.15, 0.2) is 0 Å². The first kappa shape index (κ1) is 20.0. The van der Waals surface area contributed by atoms with Crippen molar-refractivity contribution < 1.29 is 46.1 Å². The van der Waals surface area contributed by atoms with Gasteiger partial charge in [-0.15, -0.1) is 0 Å². The average molecular weight is 438 g/mol. The molecule has 0 unspecified atom stereocenters. The van der Waals surface area contributed by atoms with Gasteiger partial charge in [0.05, 0.1) is 11.9 Å². The number of likely N-dealkylation sites (N-methyl/N-ethyl adjacent to an activating group) is 2. The predicted octanol–water partition coefficient (Wildman–Crippen LogP) is 3.01. The zero-order valence-corrected chi connectivity index (χ0v) is 17.4. The maximum Gasteiger partial charge on any atom is 0.128 e. The van der Waals surface area contributed by atoms with Crippen molar-refractivity contribution in [1.29, 1.82) is 0 Å². The Morgan fingerprint density at radius 3 is 2.26 bits per heavy atom. The van der Waals surface area contributed by atoms with Crippen LogP contribution in [-0.2, 0) is 0 Å². The van der Waals surface area contributed by atoms with Crippen LogP contribution in [0.15, 0.2) is 48.7 Å². The first-order chi connectivity index (χ1) is 10.5. The number of pyridine rings is 1. The molecule has 6 heteroatoms. The van der Waals surface area contributed by atoms with E-state index in [1.54, 1.807) is 12.1 Å². The number of nitrogens with zero attached hydrogens (tertiary/aromatic N) is 3. The standard InChI is InChI=1S/C17H22N4O.Pr/c1-20(2)12-15(13-7-5-4-6-8-13)21(3)16-10-9-14(11-19-16)17(18)22;/h4-11,15H,12H2,1-3H3,(H2,18,22);/p-1/t15-;/m1./s1. The molecule has 5 nitrogen and oxygen atoms in total. The maximum absolute atomic E-state index is 11.0. The van der Waals surface area contributed by atoms with Gasteiger partial charge in [-0.1, -0.05) is 30.3 Å². The number of anilines is 1. The van der Waals surface area contributed by atoms with Crippen LogP contribution < -0.4 is 4.90 Å². The number of nitrogens with one attached hydrogen (secondary N) is 1. The first-order valence-corrected chi connectivity index (χ1v) is 7.13. The van der Waals surface area contributed by atoms with E-state index in [-0.39, 0.29) is 47.3 Å². The van der Waals surface area contributed by atoms with Crippen LogP contribution in [0.3, 0.4) is 0 Å². The number of aromatic nitrogens is 1. The van der Waals surface area contributed by atoms with Gasteiger partial charge in [0, 0.05) is 66.6 Å². The largest absolute Gasteiger partial charge is 0.664 e. The molecule has 0 saturated carbocycles. The Morgan fingerprint density at radius 2 is 1.78 bits per heavy atom. The molecule has 1 N–H and O–H groups in total. The van der Waals surface area contributed by atoms with E-state index in [4.69, 9.17) is 5.73 Å². The summed E-state index contributed by atoms with van der Waals surface area (Å²) in [5.41, 5.74) is 8.62. The van der Waals surface area contributed by atoms with Gasteiger partial charge in [-0.05, 0) is 31.8 Å². The van der Waals surface area contributed by atoms with E-state index in [2.05, 4.69) is 26.9 Å². The molecule has 0 aliphatic heterocycles. The van der Waals surface area contributed by atoms with Crippen molar-refractivity contribution in [2.24, 2.45) is 0 Å². The Kier molecular flexibility index (Phi) is 8.10. The van der Waals surface area contributed by atoms with Gasteiger partial charge in [0.1, 0.15) is 5.82 Å². The van der Waals surface area contributed by atoms with Crippen molar-refractivity contribution >= 4 is 11.7 Å². The topological polar surface area (TPSA) is 60.2 Å². The van der Waals surface area contributed by atoms with Crippen molar-refractivity contribution in [2.75, 3.05) is 32.6 Å². The fraction of sp³-hybridized carbons (Fsp3) is 0.294. The molecule has 1 radical (unpaired) electrons. The van der Waals surface area contributed by atoms with Gasteiger partial charge < -0.3 is 20.3 Å². The molecule has 1 amide bonds. The molecule has 23 heavy (non-hydrogen) atoms. The SMILES string of the molecule is CN(C)C[C@H](c1ccccc1)N(C)c1ccc(C([NH-])=O)cn1.[Pr]. The number of carbonyl (C=O) groups is 1. The molecule has 119 valence electrons. The first-order valence-electron chi connectivity index (χ1n) is 7.13. The minimum Gasteiger partial charge on any atom is -0.664 e. The molecular weight excluding hydrogens is 417 g/mol. The monoisotopic (exact) mass is 438 g/mol. The second kappa shape index (κ2) is 9.31. The molecular formula is C17H21N4OPr-. The van der Waals surface area contributed by atoms with E-state index in [0.717, 1.165) is 12.4 Å². The number of carbonyl (C=O) groups excluding carboxylic acids is 1. The summed E-state index contributed by atoms with van der Waals surface area (Å²) < 4.78 is 0. The summed E-state index contributed by atoms with van der Waals surface area (Å²) in [6.07, 6.45) is 1.46. The minimum absolute atomic E-state index is 0. The number of amides is 1. The van der Waals surface area contributed by atoms with Gasteiger partial charge in [-0.3, -0.25) is 0 Å². The molecule has 2 aromatic rings. The Bertz CT molecular complexity index is 616. The molecule has 0 aliphatic rings. The van der Waals surface area contributed by atoms with Crippen LogP contribution in [0.1, 0.15) is 22.0 Å². The summed E-state index contributed by atoms with van der Waals surface area (Å²) in [7, 11) is 6.07. The Labute approximate surface area is 170 Å². The zero-order chi connectivity index (χ0) is 16.1. The molecule has 1 aromatic heterocycles. The van der Waals surface area contributed by atoms with Crippen molar-refractivity contribution in [3.63, 3.8) is 0 Å². The van der Waals surface area contributed by atoms with E-state index in [1.807, 2.05) is 39.3 Å². The van der Waals surface area contributed by atoms with E-state index in [0.29, 0.717) is 5.56 Å². The summed E-state index contributed by atoms with van der Waals surface area (Å²) in [5.74, 6) is 0.0651. The fourth-order valence-corrected chi connectivity index (χ4v) is 2.36. The van der Waals surface area contributed by atoms with Gasteiger partial charge >= 0.3 is 0 Å². The van der Waals surface area contributed by atoms with E-state index in [9.17, 15) is 4.79 Å². The summed E-state index contributed by atoms with van der Waals surface area (Å²) >= 11 is 0. The maximum atomic E-state index is 11.0. The Balaban J connectivity index is 0.00000264. The Hall–Kier alpha value is -1.04. The molecule has 1 aromatic carbocycles. The molecule has 0 spiro atoms. The zero-order valence-electron chi connectivity index (χ0n) is 13.7. The molecule has 0 fully saturated rings. The third-order valence-corrected chi connectivity index (χ3v) is 3.56. The average Bonchev–Trinajstić information content (AvgIpc) is 2.52. The van der Waals surface area contributed by atoms with Crippen LogP contribution in [0.25, 0.3) is 5.73 Å². The van der Waals surface area contributed by atoms with Gasteiger partial charge in [0.25, 0.3) is 0 Å². The predicted molar refractivity (Wildman–Crippen MR) is 89.0 cm³/mol. The minimum atomic E-state index is -0.713. The Morgan fingerprint density at radius 1 is 1.13 bits per heavy atom. The molecule has 0 saturated heterocycles. The second-order valence-electron chi connectivity index (χ2n) is 5.53. The third-order valence-electron chi connectivity index (χ3n) is 3.56. The van der Waals surface area contributed by atoms with E-state index in [1.165, 1.54) is 11.8 Å². The number of hydrogen-bond donors (Lipinski definition) is 0. The molecule has 1 atom stereocenters. The summed E-state index contributed by atoms with van der Waals surface area (Å²) in [6.45, 7) is 0.849. The smallest absolute Gasteiger partial charge is 0.128 e. The fourth-order valence-electron chi connectivity index (χ4n) is 2.36. The summed E-state index contributed by atoms with van der Waals surface area (Å²) in [6, 6.07) is 13.9. The number of benzene rings is 1. The van der Waals surface area contributed by atoms with Gasteiger partial charge in [-0.25, -0.2) is 4.98 Å². The van der Waals surface area contributed by atoms with Gasteiger partial charge in [0.2, 0.25) is 0 Å². The molecule has 2 rings (SSSR count). The molecule has 0 bridgehead atoms. The van der Waals surface area contributed by atoms with Crippen molar-refractivity contribution in [3.05, 3.63) is 65.5 Å². The second-order valence-corrected chi connectivity index (χ2v) is 5.53. The quantitative estimate of drug-likeness (QED) is 0.696. The number of hydrogen-bond acceptors (Lipinski definition) is 4. The molecule has 0 aliphatic carbocycles. The third kappa shape index (κ3) is 5.52. The molecule has 1 heterocycles. The van der Waals surface area contributed by atoms with Crippen LogP contribution >= 0.6 is 0 Å². The van der Waals surface area contributed by atoms with Crippen LogP contribution in [0, 0.1) is 41.3 Å². The van der Waals surface area contributed by atoms with Crippen LogP contribution in [-0.4, -0.2) is 43.5 Å². The van der Waals surface area contributed by atoms with Crippen molar-refractivity contribution in [1.82, 2.24) is 9.88 Å². The summed E-state index contributed by atoms with van der Waals surface area (Å²) in [5, 5.41) is 0. The van der Waals surface area contributed by atoms with Crippen LogP contribution in [0.5, 0.6) is 0 Å². The van der Waals surface area contributed by atoms with Crippen LogP contribution in [0.2, 0.25) is 0 Å². The van der Waals surface area contributed by atoms with Crippen molar-refractivity contribution in [2.45, 2.75) is 6.04 Å². The number of rotatable bonds is 6. The van der Waals surface area contributed by atoms with E-state index < -0.39 is 5.91 Å². The van der Waals surface area contributed by atoms with E-state index >= 15 is 0 Å². The summed E-state index contributed by atoms with van der Waals surface area (Å²) in [4.78, 5) is 19.6. The van der Waals surface area contributed by atoms with Gasteiger partial charge in [-0.2, -0.15) is 0 Å². The van der Waals surface area contributed by atoms with Crippen molar-refractivity contribution in [3.8, 4) is 0 Å².